The number of nitrogens with zero attached hydrogens (tertiary/aromatic N) is 1. The molecule has 0 saturated heterocycles. The molecule has 1 aromatic carbocycles. The first-order chi connectivity index (χ1) is 9.52. The molecule has 0 bridgehead atoms. The van der Waals surface area contributed by atoms with Crippen molar-refractivity contribution in [1.82, 2.24) is 4.98 Å². The van der Waals surface area contributed by atoms with E-state index in [4.69, 9.17) is 5.84 Å². The molecule has 0 saturated carbocycles. The Morgan fingerprint density at radius 1 is 1.15 bits per heavy atom. The molecule has 2 rings (SSSR count). The fourth-order valence-electron chi connectivity index (χ4n) is 1.47. The van der Waals surface area contributed by atoms with Crippen LogP contribution < -0.4 is 16.6 Å². The van der Waals surface area contributed by atoms with E-state index in [1.165, 1.54) is 18.3 Å². The Morgan fingerprint density at radius 2 is 1.90 bits per heavy atom. The first-order valence-electron chi connectivity index (χ1n) is 5.40. The Bertz CT molecular complexity index is 663. The lowest BCUT2D eigenvalue weighted by Gasteiger charge is -2.08. The lowest BCUT2D eigenvalue weighted by Crippen LogP contribution is -2.15. The topological polar surface area (TPSA) is 80.0 Å². The van der Waals surface area contributed by atoms with Crippen LogP contribution in [0.5, 0.6) is 0 Å². The Hall–Kier alpha value is -2.61. The number of pyridine rings is 1. The van der Waals surface area contributed by atoms with Crippen molar-refractivity contribution in [2.24, 2.45) is 5.84 Å². The van der Waals surface area contributed by atoms with E-state index in [1.54, 1.807) is 0 Å². The van der Waals surface area contributed by atoms with Gasteiger partial charge in [-0.1, -0.05) is 0 Å². The predicted molar refractivity (Wildman–Crippen MR) is 66.3 cm³/mol. The second kappa shape index (κ2) is 5.57. The third-order valence-corrected chi connectivity index (χ3v) is 2.45. The van der Waals surface area contributed by atoms with Gasteiger partial charge in [0.2, 0.25) is 0 Å². The molecule has 104 valence electrons. The van der Waals surface area contributed by atoms with E-state index < -0.39 is 29.0 Å². The molecule has 0 spiro atoms. The van der Waals surface area contributed by atoms with Crippen molar-refractivity contribution in [2.45, 2.75) is 0 Å². The second-order valence-electron chi connectivity index (χ2n) is 3.75. The zero-order chi connectivity index (χ0) is 14.7. The molecule has 1 heterocycles. The number of benzene rings is 1. The number of hydrogen-bond acceptors (Lipinski definition) is 4. The number of nitrogens with one attached hydrogen (secondary N) is 2. The summed E-state index contributed by atoms with van der Waals surface area (Å²) in [4.78, 5) is 15.6. The number of nitrogen functional groups attached to an aromatic ring is 1. The molecule has 4 N–H and O–H groups in total. The van der Waals surface area contributed by atoms with Crippen molar-refractivity contribution in [3.05, 3.63) is 53.5 Å². The average molecular weight is 282 g/mol. The molecular weight excluding hydrogens is 273 g/mol. The summed E-state index contributed by atoms with van der Waals surface area (Å²) in [7, 11) is 0. The second-order valence-corrected chi connectivity index (χ2v) is 3.75. The van der Waals surface area contributed by atoms with Gasteiger partial charge >= 0.3 is 0 Å². The number of anilines is 2. The van der Waals surface area contributed by atoms with Crippen LogP contribution in [-0.2, 0) is 0 Å². The molecule has 0 aliphatic carbocycles. The number of carbonyl (C=O) groups excluding carboxylic acids is 1. The van der Waals surface area contributed by atoms with Crippen LogP contribution in [0.2, 0.25) is 0 Å². The van der Waals surface area contributed by atoms with Gasteiger partial charge in [-0.3, -0.25) is 4.79 Å². The van der Waals surface area contributed by atoms with Gasteiger partial charge in [-0.15, -0.1) is 0 Å². The van der Waals surface area contributed by atoms with E-state index in [1.807, 2.05) is 0 Å². The smallest absolute Gasteiger partial charge is 0.255 e. The van der Waals surface area contributed by atoms with Crippen LogP contribution in [-0.4, -0.2) is 10.9 Å². The molecule has 0 fully saturated rings. The molecule has 0 unspecified atom stereocenters. The summed E-state index contributed by atoms with van der Waals surface area (Å²) in [6.07, 6.45) is 1.31. The van der Waals surface area contributed by atoms with Crippen LogP contribution in [0.25, 0.3) is 0 Å². The Morgan fingerprint density at radius 3 is 2.60 bits per heavy atom. The third kappa shape index (κ3) is 2.69. The van der Waals surface area contributed by atoms with Gasteiger partial charge in [0.25, 0.3) is 5.91 Å². The zero-order valence-corrected chi connectivity index (χ0v) is 9.95. The lowest BCUT2D eigenvalue weighted by molar-refractivity contribution is 0.102. The normalized spacial score (nSPS) is 10.2. The first kappa shape index (κ1) is 13.8. The maximum Gasteiger partial charge on any atom is 0.255 e. The lowest BCUT2D eigenvalue weighted by atomic mass is 10.2. The van der Waals surface area contributed by atoms with Gasteiger partial charge < -0.3 is 10.7 Å². The highest BCUT2D eigenvalue weighted by molar-refractivity contribution is 6.04. The number of hydrogen-bond donors (Lipinski definition) is 3. The summed E-state index contributed by atoms with van der Waals surface area (Å²) >= 11 is 0. The van der Waals surface area contributed by atoms with Crippen molar-refractivity contribution in [3.8, 4) is 0 Å². The highest BCUT2D eigenvalue weighted by atomic mass is 19.2. The van der Waals surface area contributed by atoms with E-state index in [0.29, 0.717) is 6.07 Å². The quantitative estimate of drug-likeness (QED) is 0.457. The number of halogens is 3. The van der Waals surface area contributed by atoms with Crippen molar-refractivity contribution in [3.63, 3.8) is 0 Å². The van der Waals surface area contributed by atoms with Gasteiger partial charge in [0.1, 0.15) is 5.82 Å². The van der Waals surface area contributed by atoms with Gasteiger partial charge in [0.15, 0.2) is 17.5 Å². The van der Waals surface area contributed by atoms with Crippen LogP contribution >= 0.6 is 0 Å². The number of carbonyl (C=O) groups is 1. The summed E-state index contributed by atoms with van der Waals surface area (Å²) in [5.74, 6) is 0.195. The van der Waals surface area contributed by atoms with Crippen LogP contribution in [0.1, 0.15) is 10.4 Å². The van der Waals surface area contributed by atoms with Crippen LogP contribution in [0.4, 0.5) is 24.7 Å². The minimum atomic E-state index is -1.65. The molecule has 0 aliphatic rings. The van der Waals surface area contributed by atoms with Gasteiger partial charge in [-0.05, 0) is 24.3 Å². The SMILES string of the molecule is NNc1cc(C(=O)Nc2ccc(F)c(F)c2F)ccn1. The molecule has 5 nitrogen and oxygen atoms in total. The van der Waals surface area contributed by atoms with Gasteiger partial charge in [-0.25, -0.2) is 24.0 Å². The van der Waals surface area contributed by atoms with Crippen LogP contribution in [0.3, 0.4) is 0 Å². The summed E-state index contributed by atoms with van der Waals surface area (Å²) in [6, 6.07) is 4.31. The van der Waals surface area contributed by atoms with Crippen molar-refractivity contribution < 1.29 is 18.0 Å². The standard InChI is InChI=1S/C12H9F3N4O/c13-7-1-2-8(11(15)10(7)14)18-12(20)6-3-4-17-9(5-6)19-16/h1-5H,16H2,(H,17,19)(H,18,20). The Balaban J connectivity index is 2.25. The van der Waals surface area contributed by atoms with E-state index in [9.17, 15) is 18.0 Å². The van der Waals surface area contributed by atoms with E-state index in [-0.39, 0.29) is 11.4 Å². The number of hydrazine groups is 1. The summed E-state index contributed by atoms with van der Waals surface area (Å²) in [5.41, 5.74) is 1.90. The summed E-state index contributed by atoms with van der Waals surface area (Å²) in [6.45, 7) is 0. The monoisotopic (exact) mass is 282 g/mol. The molecule has 0 atom stereocenters. The molecule has 0 aliphatic heterocycles. The average Bonchev–Trinajstić information content (AvgIpc) is 2.48. The maximum absolute atomic E-state index is 13.4. The molecule has 1 aromatic heterocycles. The molecule has 2 aromatic rings. The van der Waals surface area contributed by atoms with Crippen molar-refractivity contribution >= 4 is 17.4 Å². The zero-order valence-electron chi connectivity index (χ0n) is 9.95. The van der Waals surface area contributed by atoms with Gasteiger partial charge in [0, 0.05) is 11.8 Å². The minimum absolute atomic E-state index is 0.122. The van der Waals surface area contributed by atoms with E-state index >= 15 is 0 Å². The van der Waals surface area contributed by atoms with Crippen molar-refractivity contribution in [1.29, 1.82) is 0 Å². The summed E-state index contributed by atoms with van der Waals surface area (Å²) < 4.78 is 39.2. The predicted octanol–water partition coefficient (Wildman–Crippen LogP) is 2.04. The maximum atomic E-state index is 13.4. The molecular formula is C12H9F3N4O. The fourth-order valence-corrected chi connectivity index (χ4v) is 1.47. The number of amides is 1. The first-order valence-corrected chi connectivity index (χ1v) is 5.40. The van der Waals surface area contributed by atoms with Crippen molar-refractivity contribution in [2.75, 3.05) is 10.7 Å². The highest BCUT2D eigenvalue weighted by Crippen LogP contribution is 2.20. The molecule has 0 radical (unpaired) electrons. The Kier molecular flexibility index (Phi) is 3.85. The Labute approximate surface area is 111 Å². The van der Waals surface area contributed by atoms with E-state index in [2.05, 4.69) is 15.7 Å². The van der Waals surface area contributed by atoms with Crippen LogP contribution in [0.15, 0.2) is 30.5 Å². The number of nitrogens with two attached hydrogens (primary N) is 1. The van der Waals surface area contributed by atoms with Gasteiger partial charge in [0.05, 0.1) is 5.69 Å². The molecule has 1 amide bonds. The summed E-state index contributed by atoms with van der Waals surface area (Å²) in [5, 5.41) is 2.13. The molecule has 8 heteroatoms. The fraction of sp³-hybridized carbons (Fsp3) is 0. The van der Waals surface area contributed by atoms with E-state index in [0.717, 1.165) is 6.07 Å². The molecule has 20 heavy (non-hydrogen) atoms. The number of rotatable bonds is 3. The largest absolute Gasteiger partial charge is 0.319 e. The number of aromatic nitrogens is 1. The van der Waals surface area contributed by atoms with Gasteiger partial charge in [-0.2, -0.15) is 0 Å². The minimum Gasteiger partial charge on any atom is -0.319 e. The third-order valence-electron chi connectivity index (χ3n) is 2.45. The highest BCUT2D eigenvalue weighted by Gasteiger charge is 2.16. The van der Waals surface area contributed by atoms with Crippen LogP contribution in [0, 0.1) is 17.5 Å².